The van der Waals surface area contributed by atoms with E-state index in [1.54, 1.807) is 0 Å². The number of aromatic carboxylic acids is 1. The molecule has 0 spiro atoms. The Morgan fingerprint density at radius 3 is 2.19 bits per heavy atom. The number of hydrogen-bond acceptors (Lipinski definition) is 2. The molecule has 0 atom stereocenters. The van der Waals surface area contributed by atoms with Crippen molar-refractivity contribution in [3.8, 4) is 0 Å². The third-order valence-electron chi connectivity index (χ3n) is 3.44. The van der Waals surface area contributed by atoms with E-state index in [-0.39, 0.29) is 10.8 Å². The third-order valence-corrected chi connectivity index (χ3v) is 5.07. The topological polar surface area (TPSA) is 37.3 Å². The van der Waals surface area contributed by atoms with Gasteiger partial charge in [0.15, 0.2) is 0 Å². The molecule has 0 aliphatic carbocycles. The van der Waals surface area contributed by atoms with E-state index < -0.39 is 5.97 Å². The minimum absolute atomic E-state index is 0.0116. The summed E-state index contributed by atoms with van der Waals surface area (Å²) < 4.78 is 0.872. The molecule has 0 unspecified atom stereocenters. The van der Waals surface area contributed by atoms with Crippen LogP contribution in [0.4, 0.5) is 0 Å². The van der Waals surface area contributed by atoms with Gasteiger partial charge in [-0.15, -0.1) is 11.3 Å². The fourth-order valence-corrected chi connectivity index (χ4v) is 2.99. The SMILES string of the molecule is CC(C)(C)C(C)(C)c1cc(Br)sc1C(=O)O. The summed E-state index contributed by atoms with van der Waals surface area (Å²) in [5.74, 6) is -0.844. The molecule has 0 aromatic carbocycles. The normalized spacial score (nSPS) is 12.9. The first-order valence-electron chi connectivity index (χ1n) is 5.10. The van der Waals surface area contributed by atoms with Gasteiger partial charge in [-0.1, -0.05) is 34.6 Å². The minimum atomic E-state index is -0.844. The van der Waals surface area contributed by atoms with Gasteiger partial charge in [0.25, 0.3) is 0 Å². The number of rotatable bonds is 2. The van der Waals surface area contributed by atoms with Crippen LogP contribution in [0.5, 0.6) is 0 Å². The van der Waals surface area contributed by atoms with Gasteiger partial charge in [-0.25, -0.2) is 4.79 Å². The monoisotopic (exact) mass is 304 g/mol. The molecule has 1 aromatic heterocycles. The molecule has 1 heterocycles. The van der Waals surface area contributed by atoms with Crippen molar-refractivity contribution in [2.24, 2.45) is 5.41 Å². The first kappa shape index (κ1) is 13.7. The summed E-state index contributed by atoms with van der Waals surface area (Å²) in [6.45, 7) is 10.6. The quantitative estimate of drug-likeness (QED) is 0.871. The molecule has 0 aliphatic rings. The molecule has 0 saturated heterocycles. The lowest BCUT2D eigenvalue weighted by molar-refractivity contribution is 0.0697. The molecule has 0 aliphatic heterocycles. The van der Waals surface area contributed by atoms with E-state index in [9.17, 15) is 9.90 Å². The summed E-state index contributed by atoms with van der Waals surface area (Å²) in [5.41, 5.74) is 0.741. The van der Waals surface area contributed by atoms with Gasteiger partial charge in [-0.05, 0) is 38.4 Å². The summed E-state index contributed by atoms with van der Waals surface area (Å²) in [6, 6.07) is 1.93. The van der Waals surface area contributed by atoms with E-state index in [1.807, 2.05) is 6.07 Å². The molecule has 1 rings (SSSR count). The van der Waals surface area contributed by atoms with Crippen molar-refractivity contribution in [2.45, 2.75) is 40.0 Å². The molecule has 0 fully saturated rings. The van der Waals surface area contributed by atoms with E-state index in [0.29, 0.717) is 4.88 Å². The van der Waals surface area contributed by atoms with Crippen molar-refractivity contribution in [1.29, 1.82) is 0 Å². The zero-order chi connectivity index (χ0) is 12.7. The van der Waals surface area contributed by atoms with Gasteiger partial charge in [-0.2, -0.15) is 0 Å². The van der Waals surface area contributed by atoms with Crippen LogP contribution in [-0.2, 0) is 5.41 Å². The average molecular weight is 305 g/mol. The highest BCUT2D eigenvalue weighted by Crippen LogP contribution is 2.45. The van der Waals surface area contributed by atoms with Crippen LogP contribution in [0.3, 0.4) is 0 Å². The molecule has 2 nitrogen and oxygen atoms in total. The molecular formula is C12H17BrO2S. The van der Waals surface area contributed by atoms with E-state index in [0.717, 1.165) is 9.35 Å². The smallest absolute Gasteiger partial charge is 0.346 e. The maximum Gasteiger partial charge on any atom is 0.346 e. The van der Waals surface area contributed by atoms with Gasteiger partial charge in [0.05, 0.1) is 3.79 Å². The molecule has 0 radical (unpaired) electrons. The summed E-state index contributed by atoms with van der Waals surface area (Å²) in [7, 11) is 0. The van der Waals surface area contributed by atoms with E-state index in [1.165, 1.54) is 11.3 Å². The van der Waals surface area contributed by atoms with Crippen LogP contribution < -0.4 is 0 Å². The van der Waals surface area contributed by atoms with Crippen molar-refractivity contribution in [1.82, 2.24) is 0 Å². The third kappa shape index (κ3) is 2.33. The fourth-order valence-electron chi connectivity index (χ4n) is 1.39. The van der Waals surface area contributed by atoms with Gasteiger partial charge in [0, 0.05) is 0 Å². The van der Waals surface area contributed by atoms with Crippen LogP contribution in [0, 0.1) is 5.41 Å². The Labute approximate surface area is 109 Å². The van der Waals surface area contributed by atoms with Gasteiger partial charge in [0.1, 0.15) is 4.88 Å². The second kappa shape index (κ2) is 4.15. The average Bonchev–Trinajstić information content (AvgIpc) is 2.45. The van der Waals surface area contributed by atoms with E-state index in [4.69, 9.17) is 0 Å². The Morgan fingerprint density at radius 1 is 1.31 bits per heavy atom. The van der Waals surface area contributed by atoms with Crippen LogP contribution in [0.15, 0.2) is 9.85 Å². The van der Waals surface area contributed by atoms with Crippen molar-refractivity contribution in [2.75, 3.05) is 0 Å². The maximum atomic E-state index is 11.2. The Morgan fingerprint density at radius 2 is 1.81 bits per heavy atom. The molecule has 1 N–H and O–H groups in total. The summed E-state index contributed by atoms with van der Waals surface area (Å²) in [4.78, 5) is 11.6. The Kier molecular flexibility index (Phi) is 3.56. The van der Waals surface area contributed by atoms with Gasteiger partial charge in [-0.3, -0.25) is 0 Å². The van der Waals surface area contributed by atoms with Crippen molar-refractivity contribution >= 4 is 33.2 Å². The molecule has 1 aromatic rings. The lowest BCUT2D eigenvalue weighted by Gasteiger charge is -2.39. The van der Waals surface area contributed by atoms with Crippen LogP contribution in [0.25, 0.3) is 0 Å². The van der Waals surface area contributed by atoms with Crippen LogP contribution in [0.2, 0.25) is 0 Å². The lowest BCUT2D eigenvalue weighted by Crippen LogP contribution is -2.34. The highest BCUT2D eigenvalue weighted by Gasteiger charge is 2.38. The molecule has 4 heteroatoms. The standard InChI is InChI=1S/C12H17BrO2S/c1-11(2,3)12(4,5)7-6-8(13)16-9(7)10(14)15/h6H,1-5H3,(H,14,15). The van der Waals surface area contributed by atoms with E-state index in [2.05, 4.69) is 50.5 Å². The lowest BCUT2D eigenvalue weighted by atomic mass is 9.65. The Hall–Kier alpha value is -0.350. The predicted octanol–water partition coefficient (Wildman–Crippen LogP) is 4.53. The van der Waals surface area contributed by atoms with Crippen LogP contribution in [-0.4, -0.2) is 11.1 Å². The van der Waals surface area contributed by atoms with Gasteiger partial charge >= 0.3 is 5.97 Å². The first-order chi connectivity index (χ1) is 7.07. The summed E-state index contributed by atoms with van der Waals surface area (Å²) in [6.07, 6.45) is 0. The van der Waals surface area contributed by atoms with Crippen molar-refractivity contribution in [3.05, 3.63) is 20.3 Å². The van der Waals surface area contributed by atoms with Crippen LogP contribution in [0.1, 0.15) is 49.9 Å². The molecule has 0 amide bonds. The molecule has 16 heavy (non-hydrogen) atoms. The largest absolute Gasteiger partial charge is 0.477 e. The highest BCUT2D eigenvalue weighted by atomic mass is 79.9. The number of carboxylic acid groups (broad SMARTS) is 1. The number of hydrogen-bond donors (Lipinski definition) is 1. The Balaban J connectivity index is 3.38. The van der Waals surface area contributed by atoms with E-state index >= 15 is 0 Å². The van der Waals surface area contributed by atoms with Gasteiger partial charge in [0.2, 0.25) is 0 Å². The van der Waals surface area contributed by atoms with Crippen molar-refractivity contribution < 1.29 is 9.90 Å². The highest BCUT2D eigenvalue weighted by molar-refractivity contribution is 9.11. The van der Waals surface area contributed by atoms with Crippen LogP contribution >= 0.6 is 27.3 Å². The Bertz CT molecular complexity index is 413. The first-order valence-corrected chi connectivity index (χ1v) is 6.71. The molecular weight excluding hydrogens is 288 g/mol. The number of carbonyl (C=O) groups is 1. The fraction of sp³-hybridized carbons (Fsp3) is 0.583. The number of thiophene rings is 1. The predicted molar refractivity (Wildman–Crippen MR) is 71.5 cm³/mol. The van der Waals surface area contributed by atoms with Crippen molar-refractivity contribution in [3.63, 3.8) is 0 Å². The number of carboxylic acids is 1. The molecule has 0 bridgehead atoms. The molecule has 90 valence electrons. The molecule has 0 saturated carbocycles. The number of halogens is 1. The summed E-state index contributed by atoms with van der Waals surface area (Å²) >= 11 is 4.65. The minimum Gasteiger partial charge on any atom is -0.477 e. The second-order valence-corrected chi connectivity index (χ2v) is 7.90. The zero-order valence-electron chi connectivity index (χ0n) is 10.2. The zero-order valence-corrected chi connectivity index (χ0v) is 12.6. The second-order valence-electron chi connectivity index (χ2n) is 5.47. The maximum absolute atomic E-state index is 11.2. The summed E-state index contributed by atoms with van der Waals surface area (Å²) in [5, 5.41) is 9.20. The van der Waals surface area contributed by atoms with Gasteiger partial charge < -0.3 is 5.11 Å².